The first kappa shape index (κ1) is 15.2. The van der Waals surface area contributed by atoms with Crippen LogP contribution in [0.4, 0.5) is 0 Å². The molecular weight excluding hydrogens is 272 g/mol. The Kier molecular flexibility index (Phi) is 3.51. The van der Waals surface area contributed by atoms with Crippen molar-refractivity contribution in [2.45, 2.75) is 77.4 Å². The molecule has 0 heterocycles. The molecule has 0 aromatic carbocycles. The average Bonchev–Trinajstić information content (AvgIpc) is 2.84. The number of ether oxygens (including phenoxy) is 1. The highest BCUT2D eigenvalue weighted by molar-refractivity contribution is 5.25. The lowest BCUT2D eigenvalue weighted by atomic mass is 9.48. The van der Waals surface area contributed by atoms with E-state index in [9.17, 15) is 5.11 Å². The molecule has 3 fully saturated rings. The number of methoxy groups -OCH3 is 1. The van der Waals surface area contributed by atoms with Crippen molar-refractivity contribution >= 4 is 0 Å². The van der Waals surface area contributed by atoms with Crippen LogP contribution in [0.5, 0.6) is 0 Å². The van der Waals surface area contributed by atoms with Gasteiger partial charge in [-0.1, -0.05) is 25.5 Å². The molecule has 4 aliphatic rings. The van der Waals surface area contributed by atoms with Gasteiger partial charge in [0, 0.05) is 7.11 Å². The number of hydrogen-bond acceptors (Lipinski definition) is 2. The maximum Gasteiger partial charge on any atom is 0.0627 e. The van der Waals surface area contributed by atoms with Crippen molar-refractivity contribution in [3.63, 3.8) is 0 Å². The number of allylic oxidation sites excluding steroid dienone is 1. The van der Waals surface area contributed by atoms with Crippen molar-refractivity contribution in [2.75, 3.05) is 7.11 Å². The highest BCUT2D eigenvalue weighted by atomic mass is 16.5. The largest absolute Gasteiger partial charge is 0.393 e. The zero-order chi connectivity index (χ0) is 15.5. The summed E-state index contributed by atoms with van der Waals surface area (Å²) in [5, 5.41) is 10.1. The van der Waals surface area contributed by atoms with Crippen molar-refractivity contribution in [3.05, 3.63) is 11.6 Å². The molecule has 0 radical (unpaired) electrons. The Labute approximate surface area is 135 Å². The van der Waals surface area contributed by atoms with E-state index >= 15 is 0 Å². The molecule has 0 amide bonds. The van der Waals surface area contributed by atoms with Gasteiger partial charge in [0.1, 0.15) is 0 Å². The Morgan fingerprint density at radius 1 is 1.09 bits per heavy atom. The van der Waals surface area contributed by atoms with E-state index in [-0.39, 0.29) is 6.10 Å². The molecule has 0 unspecified atom stereocenters. The van der Waals surface area contributed by atoms with E-state index in [2.05, 4.69) is 19.9 Å². The van der Waals surface area contributed by atoms with Crippen molar-refractivity contribution in [1.82, 2.24) is 0 Å². The van der Waals surface area contributed by atoms with Crippen molar-refractivity contribution < 1.29 is 9.84 Å². The van der Waals surface area contributed by atoms with Crippen LogP contribution in [0.2, 0.25) is 0 Å². The van der Waals surface area contributed by atoms with Crippen LogP contribution in [0, 0.1) is 28.6 Å². The Morgan fingerprint density at radius 3 is 2.68 bits per heavy atom. The van der Waals surface area contributed by atoms with Crippen molar-refractivity contribution in [1.29, 1.82) is 0 Å². The van der Waals surface area contributed by atoms with Gasteiger partial charge in [-0.05, 0) is 80.0 Å². The lowest BCUT2D eigenvalue weighted by Gasteiger charge is -2.57. The minimum Gasteiger partial charge on any atom is -0.393 e. The highest BCUT2D eigenvalue weighted by Gasteiger charge is 2.58. The van der Waals surface area contributed by atoms with Gasteiger partial charge in [0.25, 0.3) is 0 Å². The van der Waals surface area contributed by atoms with Gasteiger partial charge in [-0.2, -0.15) is 0 Å². The SMILES string of the molecule is CO[C@H]1CC[C@H]2[C@@H]3CC=C4C[C@H](O)CC[C@]4(C)[C@H]3CC[C@]12C. The third-order valence-corrected chi connectivity index (χ3v) is 8.28. The summed E-state index contributed by atoms with van der Waals surface area (Å²) in [5.74, 6) is 2.54. The van der Waals surface area contributed by atoms with Crippen LogP contribution >= 0.6 is 0 Å². The Balaban J connectivity index is 1.66. The second-order valence-electron chi connectivity index (χ2n) is 9.00. The molecule has 2 nitrogen and oxygen atoms in total. The summed E-state index contributed by atoms with van der Waals surface area (Å²) in [7, 11) is 1.91. The average molecular weight is 304 g/mol. The first-order valence-corrected chi connectivity index (χ1v) is 9.39. The van der Waals surface area contributed by atoms with Crippen molar-refractivity contribution in [2.24, 2.45) is 28.6 Å². The molecule has 0 bridgehead atoms. The molecule has 22 heavy (non-hydrogen) atoms. The monoisotopic (exact) mass is 304 g/mol. The summed E-state index contributed by atoms with van der Waals surface area (Å²) in [5.41, 5.74) is 2.36. The van der Waals surface area contributed by atoms with Crippen LogP contribution in [0.25, 0.3) is 0 Å². The molecular formula is C20H32O2. The molecule has 0 aromatic heterocycles. The van der Waals surface area contributed by atoms with E-state index in [4.69, 9.17) is 4.74 Å². The summed E-state index contributed by atoms with van der Waals surface area (Å²) < 4.78 is 5.86. The number of aliphatic hydroxyl groups is 1. The first-order chi connectivity index (χ1) is 10.5. The predicted octanol–water partition coefficient (Wildman–Crippen LogP) is 4.33. The molecule has 0 aromatic rings. The van der Waals surface area contributed by atoms with Crippen LogP contribution in [-0.4, -0.2) is 24.4 Å². The molecule has 7 atom stereocenters. The van der Waals surface area contributed by atoms with E-state index in [1.165, 1.54) is 38.5 Å². The third kappa shape index (κ3) is 1.92. The number of hydrogen-bond donors (Lipinski definition) is 1. The van der Waals surface area contributed by atoms with E-state index in [0.29, 0.717) is 16.9 Å². The van der Waals surface area contributed by atoms with Crippen LogP contribution in [-0.2, 0) is 4.74 Å². The summed E-state index contributed by atoms with van der Waals surface area (Å²) in [6, 6.07) is 0. The second-order valence-corrected chi connectivity index (χ2v) is 9.00. The maximum atomic E-state index is 10.1. The van der Waals surface area contributed by atoms with Gasteiger partial charge in [0.2, 0.25) is 0 Å². The number of aliphatic hydroxyl groups excluding tert-OH is 1. The quantitative estimate of drug-likeness (QED) is 0.731. The van der Waals surface area contributed by atoms with E-state index < -0.39 is 0 Å². The third-order valence-electron chi connectivity index (χ3n) is 8.28. The molecule has 4 aliphatic carbocycles. The van der Waals surface area contributed by atoms with Gasteiger partial charge in [-0.3, -0.25) is 0 Å². The zero-order valence-electron chi connectivity index (χ0n) is 14.5. The maximum absolute atomic E-state index is 10.1. The van der Waals surface area contributed by atoms with Gasteiger partial charge in [-0.15, -0.1) is 0 Å². The number of rotatable bonds is 1. The first-order valence-electron chi connectivity index (χ1n) is 9.39. The molecule has 0 saturated heterocycles. The topological polar surface area (TPSA) is 29.5 Å². The fraction of sp³-hybridized carbons (Fsp3) is 0.900. The van der Waals surface area contributed by atoms with E-state index in [1.54, 1.807) is 5.57 Å². The standard InChI is InChI=1S/C20H32O2/c1-19-10-8-14(21)12-13(19)4-5-15-16-6-7-18(22-3)20(16,2)11-9-17(15)19/h4,14-18,21H,5-12H2,1-3H3/t14-,15+,16+,17+,18+,19+,20+/m1/s1. The predicted molar refractivity (Wildman–Crippen MR) is 88.5 cm³/mol. The summed E-state index contributed by atoms with van der Waals surface area (Å²) in [4.78, 5) is 0. The molecule has 1 N–H and O–H groups in total. The molecule has 0 aliphatic heterocycles. The van der Waals surface area contributed by atoms with Gasteiger partial charge >= 0.3 is 0 Å². The zero-order valence-corrected chi connectivity index (χ0v) is 14.5. The molecule has 3 saturated carbocycles. The number of fused-ring (bicyclic) bond motifs is 5. The Morgan fingerprint density at radius 2 is 1.91 bits per heavy atom. The summed E-state index contributed by atoms with van der Waals surface area (Å²) >= 11 is 0. The Bertz CT molecular complexity index is 484. The van der Waals surface area contributed by atoms with Gasteiger partial charge < -0.3 is 9.84 Å². The van der Waals surface area contributed by atoms with Gasteiger partial charge in [0.15, 0.2) is 0 Å². The van der Waals surface area contributed by atoms with Gasteiger partial charge in [0.05, 0.1) is 12.2 Å². The minimum absolute atomic E-state index is 0.0888. The smallest absolute Gasteiger partial charge is 0.0627 e. The van der Waals surface area contributed by atoms with E-state index in [0.717, 1.165) is 30.6 Å². The molecule has 124 valence electrons. The van der Waals surface area contributed by atoms with E-state index in [1.807, 2.05) is 7.11 Å². The summed E-state index contributed by atoms with van der Waals surface area (Å²) in [6.45, 7) is 5.01. The van der Waals surface area contributed by atoms with Crippen LogP contribution < -0.4 is 0 Å². The van der Waals surface area contributed by atoms with Crippen LogP contribution in [0.1, 0.15) is 65.2 Å². The fourth-order valence-corrected chi connectivity index (χ4v) is 6.98. The van der Waals surface area contributed by atoms with Gasteiger partial charge in [-0.25, -0.2) is 0 Å². The van der Waals surface area contributed by atoms with Crippen LogP contribution in [0.3, 0.4) is 0 Å². The fourth-order valence-electron chi connectivity index (χ4n) is 6.98. The lowest BCUT2D eigenvalue weighted by molar-refractivity contribution is -0.0820. The second kappa shape index (κ2) is 5.08. The molecule has 2 heteroatoms. The Hall–Kier alpha value is -0.340. The summed E-state index contributed by atoms with van der Waals surface area (Å²) in [6.07, 6.45) is 12.6. The van der Waals surface area contributed by atoms with Crippen LogP contribution in [0.15, 0.2) is 11.6 Å². The normalized spacial score (nSPS) is 54.2. The highest BCUT2D eigenvalue weighted by Crippen LogP contribution is 2.65. The lowest BCUT2D eigenvalue weighted by Crippen LogP contribution is -2.51. The van der Waals surface area contributed by atoms with Crippen molar-refractivity contribution in [3.8, 4) is 0 Å². The minimum atomic E-state index is -0.0888. The molecule has 0 spiro atoms. The molecule has 4 rings (SSSR count).